The summed E-state index contributed by atoms with van der Waals surface area (Å²) in [5.74, 6) is -1.68. The number of halogens is 5. The summed E-state index contributed by atoms with van der Waals surface area (Å²) < 4.78 is 67.0. The van der Waals surface area contributed by atoms with Gasteiger partial charge in [0.15, 0.2) is 0 Å². The van der Waals surface area contributed by atoms with Gasteiger partial charge in [-0.1, -0.05) is 26.0 Å². The summed E-state index contributed by atoms with van der Waals surface area (Å²) in [6, 6.07) is 6.59. The van der Waals surface area contributed by atoms with Crippen LogP contribution in [0, 0.1) is 5.92 Å². The Labute approximate surface area is 174 Å². The molecule has 1 heterocycles. The van der Waals surface area contributed by atoms with Gasteiger partial charge in [0.1, 0.15) is 11.6 Å². The van der Waals surface area contributed by atoms with Crippen molar-refractivity contribution in [3.63, 3.8) is 0 Å². The Morgan fingerprint density at radius 1 is 1.03 bits per heavy atom. The number of rotatable bonds is 7. The van der Waals surface area contributed by atoms with Crippen molar-refractivity contribution in [2.45, 2.75) is 39.1 Å². The SMILES string of the molecule is CC(C)C(=O)Nc1cc(C(=O)NC(C)c2cccc(OC(F)(F)C(F)(F)F)c2)ccn1. The molecule has 31 heavy (non-hydrogen) atoms. The van der Waals surface area contributed by atoms with Crippen molar-refractivity contribution in [2.24, 2.45) is 5.92 Å². The van der Waals surface area contributed by atoms with Gasteiger partial charge in [-0.3, -0.25) is 9.59 Å². The zero-order valence-corrected chi connectivity index (χ0v) is 16.8. The lowest BCUT2D eigenvalue weighted by Crippen LogP contribution is -2.41. The molecule has 1 aromatic heterocycles. The van der Waals surface area contributed by atoms with Gasteiger partial charge >= 0.3 is 12.3 Å². The maximum Gasteiger partial charge on any atom is 0.499 e. The average Bonchev–Trinajstić information content (AvgIpc) is 2.67. The van der Waals surface area contributed by atoms with Crippen LogP contribution in [-0.2, 0) is 4.79 Å². The van der Waals surface area contributed by atoms with Crippen LogP contribution >= 0.6 is 0 Å². The lowest BCUT2D eigenvalue weighted by Gasteiger charge is -2.21. The van der Waals surface area contributed by atoms with Gasteiger partial charge in [-0.25, -0.2) is 4.98 Å². The summed E-state index contributed by atoms with van der Waals surface area (Å²) in [7, 11) is 0. The third kappa shape index (κ3) is 6.37. The van der Waals surface area contributed by atoms with Crippen LogP contribution in [0.1, 0.15) is 42.7 Å². The number of pyridine rings is 1. The highest BCUT2D eigenvalue weighted by Crippen LogP contribution is 2.37. The zero-order valence-electron chi connectivity index (χ0n) is 16.8. The van der Waals surface area contributed by atoms with Gasteiger partial charge in [-0.05, 0) is 36.8 Å². The van der Waals surface area contributed by atoms with Gasteiger partial charge in [0.25, 0.3) is 5.91 Å². The number of hydrogen-bond acceptors (Lipinski definition) is 4. The number of alkyl halides is 5. The fourth-order valence-electron chi connectivity index (χ4n) is 2.33. The van der Waals surface area contributed by atoms with Crippen LogP contribution in [0.15, 0.2) is 42.6 Å². The molecule has 0 spiro atoms. The van der Waals surface area contributed by atoms with E-state index in [1.54, 1.807) is 13.8 Å². The first-order valence-electron chi connectivity index (χ1n) is 9.11. The highest BCUT2D eigenvalue weighted by molar-refractivity contribution is 5.97. The van der Waals surface area contributed by atoms with Gasteiger partial charge in [-0.2, -0.15) is 22.0 Å². The Kier molecular flexibility index (Phi) is 7.19. The van der Waals surface area contributed by atoms with Crippen molar-refractivity contribution in [1.29, 1.82) is 0 Å². The molecule has 2 aromatic rings. The molecular weight excluding hydrogens is 425 g/mol. The van der Waals surface area contributed by atoms with Crippen LogP contribution in [0.5, 0.6) is 5.75 Å². The quantitative estimate of drug-likeness (QED) is 0.606. The standard InChI is InChI=1S/C20H20F5N3O3/c1-11(2)17(29)28-16-10-14(7-8-26-16)18(30)27-12(3)13-5-4-6-15(9-13)31-20(24,25)19(21,22)23/h4-12H,1-3H3,(H,27,30)(H,26,28,29). The van der Waals surface area contributed by atoms with Crippen LogP contribution in [-0.4, -0.2) is 29.1 Å². The molecule has 1 atom stereocenters. The molecule has 1 aromatic carbocycles. The van der Waals surface area contributed by atoms with E-state index >= 15 is 0 Å². The lowest BCUT2D eigenvalue weighted by atomic mass is 10.1. The molecule has 1 unspecified atom stereocenters. The molecule has 0 saturated carbocycles. The third-order valence-electron chi connectivity index (χ3n) is 4.08. The molecule has 0 radical (unpaired) electrons. The molecule has 6 nitrogen and oxygen atoms in total. The van der Waals surface area contributed by atoms with Gasteiger partial charge in [0, 0.05) is 17.7 Å². The number of carbonyl (C=O) groups is 2. The second-order valence-electron chi connectivity index (χ2n) is 6.96. The van der Waals surface area contributed by atoms with Crippen LogP contribution in [0.2, 0.25) is 0 Å². The minimum Gasteiger partial charge on any atom is -0.426 e. The molecular formula is C20H20F5N3O3. The van der Waals surface area contributed by atoms with Gasteiger partial charge in [0.05, 0.1) is 6.04 Å². The molecule has 168 valence electrons. The molecule has 0 bridgehead atoms. The minimum absolute atomic E-state index is 0.164. The number of aromatic nitrogens is 1. The van der Waals surface area contributed by atoms with E-state index in [2.05, 4.69) is 20.4 Å². The summed E-state index contributed by atoms with van der Waals surface area (Å²) in [6.45, 7) is 4.90. The number of nitrogens with one attached hydrogen (secondary N) is 2. The van der Waals surface area contributed by atoms with E-state index in [1.165, 1.54) is 37.4 Å². The Morgan fingerprint density at radius 3 is 2.32 bits per heavy atom. The summed E-state index contributed by atoms with van der Waals surface area (Å²) in [6.07, 6.45) is -9.90. The largest absolute Gasteiger partial charge is 0.499 e. The molecule has 11 heteroatoms. The molecule has 0 saturated heterocycles. The number of amides is 2. The Morgan fingerprint density at radius 2 is 1.71 bits per heavy atom. The van der Waals surface area contributed by atoms with E-state index in [1.807, 2.05) is 0 Å². The summed E-state index contributed by atoms with van der Waals surface area (Å²) in [4.78, 5) is 28.2. The number of benzene rings is 1. The minimum atomic E-state index is -5.87. The van der Waals surface area contributed by atoms with E-state index < -0.39 is 30.0 Å². The van der Waals surface area contributed by atoms with Gasteiger partial charge in [-0.15, -0.1) is 0 Å². The van der Waals surface area contributed by atoms with Crippen molar-refractivity contribution >= 4 is 17.6 Å². The number of nitrogens with zero attached hydrogens (tertiary/aromatic N) is 1. The van der Waals surface area contributed by atoms with Crippen LogP contribution in [0.4, 0.5) is 27.8 Å². The molecule has 0 aliphatic rings. The highest BCUT2D eigenvalue weighted by atomic mass is 19.4. The zero-order chi connectivity index (χ0) is 23.4. The first-order valence-corrected chi connectivity index (χ1v) is 9.11. The first-order chi connectivity index (χ1) is 14.3. The second kappa shape index (κ2) is 9.27. The molecule has 0 aliphatic carbocycles. The molecule has 2 amide bonds. The van der Waals surface area contributed by atoms with E-state index in [4.69, 9.17) is 0 Å². The van der Waals surface area contributed by atoms with Crippen molar-refractivity contribution in [3.8, 4) is 5.75 Å². The highest BCUT2D eigenvalue weighted by Gasteiger charge is 2.61. The number of anilines is 1. The Bertz CT molecular complexity index is 948. The van der Waals surface area contributed by atoms with E-state index in [9.17, 15) is 31.5 Å². The predicted octanol–water partition coefficient (Wildman–Crippen LogP) is 4.70. The monoisotopic (exact) mass is 445 g/mol. The summed E-state index contributed by atoms with van der Waals surface area (Å²) >= 11 is 0. The summed E-state index contributed by atoms with van der Waals surface area (Å²) in [5, 5.41) is 5.14. The predicted molar refractivity (Wildman–Crippen MR) is 102 cm³/mol. The summed E-state index contributed by atoms with van der Waals surface area (Å²) in [5.41, 5.74) is 0.406. The smallest absolute Gasteiger partial charge is 0.426 e. The fraction of sp³-hybridized carbons (Fsp3) is 0.350. The van der Waals surface area contributed by atoms with Crippen molar-refractivity contribution in [2.75, 3.05) is 5.32 Å². The maximum absolute atomic E-state index is 13.1. The van der Waals surface area contributed by atoms with Crippen LogP contribution in [0.25, 0.3) is 0 Å². The van der Waals surface area contributed by atoms with E-state index in [0.717, 1.165) is 12.1 Å². The average molecular weight is 445 g/mol. The lowest BCUT2D eigenvalue weighted by molar-refractivity contribution is -0.360. The van der Waals surface area contributed by atoms with Crippen LogP contribution in [0.3, 0.4) is 0 Å². The number of carbonyl (C=O) groups excluding carboxylic acids is 2. The Hall–Kier alpha value is -3.24. The molecule has 0 fully saturated rings. The number of hydrogen-bond donors (Lipinski definition) is 2. The number of ether oxygens (including phenoxy) is 1. The van der Waals surface area contributed by atoms with Crippen molar-refractivity contribution in [3.05, 3.63) is 53.7 Å². The van der Waals surface area contributed by atoms with Crippen molar-refractivity contribution < 1.29 is 36.3 Å². The fourth-order valence-corrected chi connectivity index (χ4v) is 2.33. The Balaban J connectivity index is 2.11. The van der Waals surface area contributed by atoms with Gasteiger partial charge < -0.3 is 15.4 Å². The van der Waals surface area contributed by atoms with E-state index in [-0.39, 0.29) is 28.8 Å². The maximum atomic E-state index is 13.1. The molecule has 2 N–H and O–H groups in total. The normalized spacial score (nSPS) is 12.9. The second-order valence-corrected chi connectivity index (χ2v) is 6.96. The van der Waals surface area contributed by atoms with E-state index in [0.29, 0.717) is 0 Å². The van der Waals surface area contributed by atoms with Crippen molar-refractivity contribution in [1.82, 2.24) is 10.3 Å². The first kappa shape index (κ1) is 24.0. The van der Waals surface area contributed by atoms with Gasteiger partial charge in [0.2, 0.25) is 5.91 Å². The molecule has 2 rings (SSSR count). The third-order valence-corrected chi connectivity index (χ3v) is 4.08. The topological polar surface area (TPSA) is 80.3 Å². The van der Waals surface area contributed by atoms with Crippen LogP contribution < -0.4 is 15.4 Å². The molecule has 0 aliphatic heterocycles.